The first kappa shape index (κ1) is 7.62. The van der Waals surface area contributed by atoms with Gasteiger partial charge in [0.1, 0.15) is 0 Å². The van der Waals surface area contributed by atoms with E-state index in [1.54, 1.807) is 11.8 Å². The van der Waals surface area contributed by atoms with Crippen LogP contribution in [0, 0.1) is 6.92 Å². The van der Waals surface area contributed by atoms with Gasteiger partial charge in [-0.3, -0.25) is 4.99 Å². The van der Waals surface area contributed by atoms with Crippen LogP contribution < -0.4 is 0 Å². The molecule has 2 heteroatoms. The van der Waals surface area contributed by atoms with Crippen molar-refractivity contribution in [3.63, 3.8) is 0 Å². The molecule has 2 rings (SSSR count). The molecule has 0 saturated heterocycles. The number of para-hydroxylation sites is 1. The molecule has 0 spiro atoms. The zero-order valence-corrected chi connectivity index (χ0v) is 7.64. The molecule has 0 amide bonds. The first-order valence-electron chi connectivity index (χ1n) is 3.83. The molecule has 1 heterocycles. The normalized spacial score (nSPS) is 14.1. The molecule has 12 heavy (non-hydrogen) atoms. The topological polar surface area (TPSA) is 12.4 Å². The van der Waals surface area contributed by atoms with Gasteiger partial charge < -0.3 is 0 Å². The maximum Gasteiger partial charge on any atom is 0.0797 e. The SMILES string of the molecule is Cc1cccc2c1N=CC=CS2. The van der Waals surface area contributed by atoms with E-state index in [0.29, 0.717) is 0 Å². The van der Waals surface area contributed by atoms with Crippen LogP contribution in [-0.2, 0) is 0 Å². The van der Waals surface area contributed by atoms with Gasteiger partial charge in [-0.05, 0) is 30.0 Å². The number of fused-ring (bicyclic) bond motifs is 1. The molecule has 1 aromatic carbocycles. The Morgan fingerprint density at radius 3 is 3.17 bits per heavy atom. The van der Waals surface area contributed by atoms with Crippen molar-refractivity contribution >= 4 is 23.7 Å². The van der Waals surface area contributed by atoms with E-state index in [1.807, 2.05) is 12.3 Å². The van der Waals surface area contributed by atoms with Crippen LogP contribution in [0.15, 0.2) is 39.6 Å². The molecule has 0 aliphatic carbocycles. The Morgan fingerprint density at radius 1 is 1.33 bits per heavy atom. The highest BCUT2D eigenvalue weighted by Gasteiger charge is 2.03. The molecule has 1 aliphatic heterocycles. The Bertz CT molecular complexity index is 353. The van der Waals surface area contributed by atoms with E-state index >= 15 is 0 Å². The van der Waals surface area contributed by atoms with E-state index in [-0.39, 0.29) is 0 Å². The van der Waals surface area contributed by atoms with Crippen LogP contribution in [0.2, 0.25) is 0 Å². The van der Waals surface area contributed by atoms with Crippen molar-refractivity contribution in [2.75, 3.05) is 0 Å². The van der Waals surface area contributed by atoms with Crippen molar-refractivity contribution in [2.45, 2.75) is 11.8 Å². The molecule has 1 aromatic rings. The molecular formula is C10H9NS. The summed E-state index contributed by atoms with van der Waals surface area (Å²) in [6, 6.07) is 6.25. The monoisotopic (exact) mass is 175 g/mol. The fraction of sp³-hybridized carbons (Fsp3) is 0.100. The number of nitrogens with zero attached hydrogens (tertiary/aromatic N) is 1. The Labute approximate surface area is 76.2 Å². The summed E-state index contributed by atoms with van der Waals surface area (Å²) >= 11 is 1.72. The molecule has 0 fully saturated rings. The van der Waals surface area contributed by atoms with E-state index < -0.39 is 0 Å². The molecule has 0 saturated carbocycles. The maximum absolute atomic E-state index is 4.35. The lowest BCUT2D eigenvalue weighted by molar-refractivity contribution is 1.31. The highest BCUT2D eigenvalue weighted by molar-refractivity contribution is 8.02. The van der Waals surface area contributed by atoms with Gasteiger partial charge in [0.2, 0.25) is 0 Å². The summed E-state index contributed by atoms with van der Waals surface area (Å²) in [5.74, 6) is 0. The van der Waals surface area contributed by atoms with Gasteiger partial charge in [0, 0.05) is 11.1 Å². The van der Waals surface area contributed by atoms with Crippen LogP contribution in [-0.4, -0.2) is 6.21 Å². The number of benzene rings is 1. The number of aryl methyl sites for hydroxylation is 1. The van der Waals surface area contributed by atoms with Crippen LogP contribution in [0.25, 0.3) is 0 Å². The summed E-state index contributed by atoms with van der Waals surface area (Å²) in [5, 5.41) is 2.05. The minimum absolute atomic E-state index is 1.10. The quantitative estimate of drug-likeness (QED) is 0.589. The number of hydrogen-bond donors (Lipinski definition) is 0. The fourth-order valence-electron chi connectivity index (χ4n) is 1.16. The minimum Gasteiger partial charge on any atom is -0.255 e. The summed E-state index contributed by atoms with van der Waals surface area (Å²) in [6.45, 7) is 2.09. The second-order valence-electron chi connectivity index (χ2n) is 2.65. The Kier molecular flexibility index (Phi) is 2.00. The van der Waals surface area contributed by atoms with Gasteiger partial charge in [0.05, 0.1) is 5.69 Å². The lowest BCUT2D eigenvalue weighted by atomic mass is 10.2. The highest BCUT2D eigenvalue weighted by Crippen LogP contribution is 2.33. The van der Waals surface area contributed by atoms with Gasteiger partial charge >= 0.3 is 0 Å². The van der Waals surface area contributed by atoms with Crippen LogP contribution >= 0.6 is 11.8 Å². The second kappa shape index (κ2) is 3.15. The number of hydrogen-bond acceptors (Lipinski definition) is 2. The van der Waals surface area contributed by atoms with Crippen molar-refractivity contribution in [1.29, 1.82) is 0 Å². The predicted molar refractivity (Wildman–Crippen MR) is 54.3 cm³/mol. The largest absolute Gasteiger partial charge is 0.255 e. The molecule has 0 radical (unpaired) electrons. The Balaban J connectivity index is 2.59. The summed E-state index contributed by atoms with van der Waals surface area (Å²) in [4.78, 5) is 5.59. The smallest absolute Gasteiger partial charge is 0.0797 e. The lowest BCUT2D eigenvalue weighted by Crippen LogP contribution is -1.76. The van der Waals surface area contributed by atoms with Gasteiger partial charge in [-0.15, -0.1) is 0 Å². The number of allylic oxidation sites excluding steroid dienone is 1. The van der Waals surface area contributed by atoms with Gasteiger partial charge in [0.25, 0.3) is 0 Å². The zero-order chi connectivity index (χ0) is 8.39. The van der Waals surface area contributed by atoms with Gasteiger partial charge in [0.15, 0.2) is 0 Å². The maximum atomic E-state index is 4.35. The standard InChI is InChI=1S/C10H9NS/c1-8-4-2-5-9-10(8)11-6-3-7-12-9/h2-7H,1H3. The molecule has 0 unspecified atom stereocenters. The van der Waals surface area contributed by atoms with Gasteiger partial charge in [-0.25, -0.2) is 0 Å². The van der Waals surface area contributed by atoms with Crippen molar-refractivity contribution in [2.24, 2.45) is 4.99 Å². The van der Waals surface area contributed by atoms with E-state index in [2.05, 4.69) is 35.5 Å². The van der Waals surface area contributed by atoms with Crippen LogP contribution in [0.3, 0.4) is 0 Å². The average molecular weight is 175 g/mol. The van der Waals surface area contributed by atoms with Crippen LogP contribution in [0.5, 0.6) is 0 Å². The number of aliphatic imine (C=N–C) groups is 1. The molecule has 1 aliphatic rings. The first-order valence-corrected chi connectivity index (χ1v) is 4.71. The molecule has 0 aromatic heterocycles. The molecule has 0 bridgehead atoms. The molecule has 0 N–H and O–H groups in total. The zero-order valence-electron chi connectivity index (χ0n) is 6.82. The lowest BCUT2D eigenvalue weighted by Gasteiger charge is -2.03. The van der Waals surface area contributed by atoms with E-state index in [4.69, 9.17) is 0 Å². The van der Waals surface area contributed by atoms with Crippen molar-refractivity contribution < 1.29 is 0 Å². The summed E-state index contributed by atoms with van der Waals surface area (Å²) in [6.07, 6.45) is 3.80. The van der Waals surface area contributed by atoms with E-state index in [9.17, 15) is 0 Å². The molecule has 60 valence electrons. The average Bonchev–Trinajstić information content (AvgIpc) is 2.30. The van der Waals surface area contributed by atoms with Gasteiger partial charge in [-0.2, -0.15) is 0 Å². The van der Waals surface area contributed by atoms with E-state index in [1.165, 1.54) is 10.5 Å². The fourth-order valence-corrected chi connectivity index (χ4v) is 1.94. The third-order valence-corrected chi connectivity index (χ3v) is 2.64. The molecular weight excluding hydrogens is 166 g/mol. The van der Waals surface area contributed by atoms with Crippen molar-refractivity contribution in [3.05, 3.63) is 35.2 Å². The minimum atomic E-state index is 1.10. The van der Waals surface area contributed by atoms with Crippen LogP contribution in [0.4, 0.5) is 5.69 Å². The third-order valence-electron chi connectivity index (χ3n) is 1.76. The third kappa shape index (κ3) is 1.30. The number of rotatable bonds is 0. The van der Waals surface area contributed by atoms with Crippen LogP contribution in [0.1, 0.15) is 5.56 Å². The molecule has 1 nitrogen and oxygen atoms in total. The highest BCUT2D eigenvalue weighted by atomic mass is 32.2. The second-order valence-corrected chi connectivity index (χ2v) is 3.59. The van der Waals surface area contributed by atoms with Crippen molar-refractivity contribution in [1.82, 2.24) is 0 Å². The Hall–Kier alpha value is -1.02. The summed E-state index contributed by atoms with van der Waals surface area (Å²) in [7, 11) is 0. The van der Waals surface area contributed by atoms with Gasteiger partial charge in [-0.1, -0.05) is 23.9 Å². The van der Waals surface area contributed by atoms with E-state index in [0.717, 1.165) is 5.69 Å². The van der Waals surface area contributed by atoms with Crippen molar-refractivity contribution in [3.8, 4) is 0 Å². The molecule has 0 atom stereocenters. The first-order chi connectivity index (χ1) is 5.88. The summed E-state index contributed by atoms with van der Waals surface area (Å²) < 4.78 is 0. The predicted octanol–water partition coefficient (Wildman–Crippen LogP) is 3.32. The summed E-state index contributed by atoms with van der Waals surface area (Å²) in [5.41, 5.74) is 2.34. The Morgan fingerprint density at radius 2 is 2.25 bits per heavy atom. The number of thioether (sulfide) groups is 1.